The van der Waals surface area contributed by atoms with E-state index in [4.69, 9.17) is 10.7 Å². The van der Waals surface area contributed by atoms with E-state index in [1.807, 2.05) is 19.9 Å². The van der Waals surface area contributed by atoms with E-state index in [2.05, 4.69) is 36.6 Å². The summed E-state index contributed by atoms with van der Waals surface area (Å²) in [5.74, 6) is 0. The predicted molar refractivity (Wildman–Crippen MR) is 125 cm³/mol. The molecule has 0 radical (unpaired) electrons. The molecule has 3 rings (SSSR count). The third-order valence-electron chi connectivity index (χ3n) is 3.89. The smallest absolute Gasteiger partial charge is 0.208 e. The maximum absolute atomic E-state index is 11.9. The maximum Gasteiger partial charge on any atom is 0.261 e. The Labute approximate surface area is 195 Å². The highest BCUT2D eigenvalue weighted by Crippen LogP contribution is 2.27. The van der Waals surface area contributed by atoms with Crippen LogP contribution in [0.5, 0.6) is 0 Å². The molecule has 0 amide bonds. The van der Waals surface area contributed by atoms with Crippen molar-refractivity contribution in [3.8, 4) is 0 Å². The van der Waals surface area contributed by atoms with Crippen LogP contribution in [0.3, 0.4) is 0 Å². The second-order valence-corrected chi connectivity index (χ2v) is 12.0. The van der Waals surface area contributed by atoms with Crippen LogP contribution in [0.15, 0.2) is 55.1 Å². The van der Waals surface area contributed by atoms with Crippen molar-refractivity contribution in [2.45, 2.75) is 56.4 Å². The van der Waals surface area contributed by atoms with E-state index in [-0.39, 0.29) is 10.9 Å². The molecule has 1 aliphatic rings. The van der Waals surface area contributed by atoms with E-state index in [1.165, 1.54) is 6.07 Å². The Morgan fingerprint density at radius 1 is 0.862 bits per heavy atom. The van der Waals surface area contributed by atoms with Crippen LogP contribution in [-0.4, -0.2) is 22.9 Å². The number of sulfonamides is 1. The zero-order chi connectivity index (χ0) is 22.4. The van der Waals surface area contributed by atoms with E-state index in [0.717, 1.165) is 27.4 Å². The summed E-state index contributed by atoms with van der Waals surface area (Å²) in [6.45, 7) is 7.49. The van der Waals surface area contributed by atoms with Crippen LogP contribution >= 0.6 is 42.5 Å². The fourth-order valence-electron chi connectivity index (χ4n) is 2.21. The molecule has 2 aromatic carbocycles. The average molecular weight is 590 g/mol. The van der Waals surface area contributed by atoms with Crippen LogP contribution in [0.4, 0.5) is 0 Å². The summed E-state index contributed by atoms with van der Waals surface area (Å²) >= 11 is 6.54. The summed E-state index contributed by atoms with van der Waals surface area (Å²) in [6, 6.07) is 10.2. The van der Waals surface area contributed by atoms with Crippen molar-refractivity contribution in [3.63, 3.8) is 0 Å². The highest BCUT2D eigenvalue weighted by molar-refractivity contribution is 9.10. The first-order chi connectivity index (χ1) is 13.4. The maximum atomic E-state index is 11.9. The highest BCUT2D eigenvalue weighted by Gasteiger charge is 2.28. The van der Waals surface area contributed by atoms with Crippen molar-refractivity contribution < 1.29 is 16.8 Å². The molecule has 1 aliphatic carbocycles. The normalized spacial score (nSPS) is 13.6. The van der Waals surface area contributed by atoms with Crippen molar-refractivity contribution in [2.75, 3.05) is 0 Å². The van der Waals surface area contributed by atoms with Gasteiger partial charge in [0.2, 0.25) is 10.0 Å². The molecule has 2 aromatic rings. The summed E-state index contributed by atoms with van der Waals surface area (Å²) < 4.78 is 50.0. The second kappa shape index (κ2) is 11.2. The summed E-state index contributed by atoms with van der Waals surface area (Å²) in [6.07, 6.45) is 1.90. The molecule has 0 atom stereocenters. The van der Waals surface area contributed by atoms with Gasteiger partial charge < -0.3 is 0 Å². The molecule has 1 fully saturated rings. The van der Waals surface area contributed by atoms with Gasteiger partial charge in [0.05, 0.1) is 9.79 Å². The lowest BCUT2D eigenvalue weighted by Gasteiger charge is -2.09. The van der Waals surface area contributed by atoms with E-state index >= 15 is 0 Å². The first kappa shape index (κ1) is 26.6. The van der Waals surface area contributed by atoms with Gasteiger partial charge in [-0.25, -0.2) is 21.6 Å². The lowest BCUT2D eigenvalue weighted by molar-refractivity contribution is 0.580. The zero-order valence-electron chi connectivity index (χ0n) is 16.5. The molecular formula is C19H24Br2ClNO4S2. The molecule has 0 bridgehead atoms. The van der Waals surface area contributed by atoms with Crippen molar-refractivity contribution >= 4 is 61.6 Å². The lowest BCUT2D eigenvalue weighted by atomic mass is 10.2. The molecule has 1 N–H and O–H groups in total. The average Bonchev–Trinajstić information content (AvgIpc) is 3.44. The van der Waals surface area contributed by atoms with E-state index in [0.29, 0.717) is 10.5 Å². The number of nitrogens with one attached hydrogen (secondary N) is 1. The van der Waals surface area contributed by atoms with E-state index < -0.39 is 19.1 Å². The molecular weight excluding hydrogens is 566 g/mol. The van der Waals surface area contributed by atoms with Gasteiger partial charge in [-0.05, 0) is 62.1 Å². The first-order valence-electron chi connectivity index (χ1n) is 8.90. The number of rotatable bonds is 4. The van der Waals surface area contributed by atoms with Gasteiger partial charge in [0.15, 0.2) is 0 Å². The minimum Gasteiger partial charge on any atom is -0.208 e. The van der Waals surface area contributed by atoms with Crippen LogP contribution in [-0.2, 0) is 19.1 Å². The molecule has 0 aromatic heterocycles. The summed E-state index contributed by atoms with van der Waals surface area (Å²) in [7, 11) is -1.76. The van der Waals surface area contributed by atoms with Gasteiger partial charge in [0, 0.05) is 25.7 Å². The first-order valence-corrected chi connectivity index (χ1v) is 14.3. The number of hydrogen-bond acceptors (Lipinski definition) is 4. The lowest BCUT2D eigenvalue weighted by Crippen LogP contribution is -2.26. The molecule has 29 heavy (non-hydrogen) atoms. The zero-order valence-corrected chi connectivity index (χ0v) is 22.1. The molecule has 0 unspecified atom stereocenters. The molecule has 0 saturated heterocycles. The van der Waals surface area contributed by atoms with Gasteiger partial charge in [0.1, 0.15) is 0 Å². The van der Waals surface area contributed by atoms with Gasteiger partial charge >= 0.3 is 0 Å². The molecule has 5 nitrogen and oxygen atoms in total. The fourth-order valence-corrected chi connectivity index (χ4v) is 6.00. The summed E-state index contributed by atoms with van der Waals surface area (Å²) in [4.78, 5) is 0.516. The number of benzene rings is 2. The minimum absolute atomic E-state index is 0.147. The van der Waals surface area contributed by atoms with Crippen LogP contribution in [0.2, 0.25) is 0 Å². The van der Waals surface area contributed by atoms with Gasteiger partial charge in [0.25, 0.3) is 9.05 Å². The number of halogens is 3. The third kappa shape index (κ3) is 7.95. The Bertz CT molecular complexity index is 1050. The largest absolute Gasteiger partial charge is 0.261 e. The van der Waals surface area contributed by atoms with Crippen LogP contribution in [0.1, 0.15) is 37.8 Å². The van der Waals surface area contributed by atoms with Gasteiger partial charge in [-0.15, -0.1) is 0 Å². The molecule has 0 spiro atoms. The monoisotopic (exact) mass is 587 g/mol. The van der Waals surface area contributed by atoms with E-state index in [9.17, 15) is 16.8 Å². The van der Waals surface area contributed by atoms with Crippen molar-refractivity contribution in [3.05, 3.63) is 56.5 Å². The van der Waals surface area contributed by atoms with Gasteiger partial charge in [-0.2, -0.15) is 0 Å². The Balaban J connectivity index is 0.000000273. The van der Waals surface area contributed by atoms with Gasteiger partial charge in [-0.1, -0.05) is 57.8 Å². The molecule has 0 heterocycles. The number of hydrogen-bond donors (Lipinski definition) is 1. The van der Waals surface area contributed by atoms with Crippen LogP contribution in [0.25, 0.3) is 0 Å². The van der Waals surface area contributed by atoms with Gasteiger partial charge in [-0.3, -0.25) is 0 Å². The predicted octanol–water partition coefficient (Wildman–Crippen LogP) is 5.91. The Hall–Kier alpha value is -0.450. The topological polar surface area (TPSA) is 80.3 Å². The Morgan fingerprint density at radius 2 is 1.28 bits per heavy atom. The summed E-state index contributed by atoms with van der Waals surface area (Å²) in [5, 5.41) is 0. The Morgan fingerprint density at radius 3 is 1.66 bits per heavy atom. The quantitative estimate of drug-likeness (QED) is 0.450. The second-order valence-electron chi connectivity index (χ2n) is 6.06. The molecule has 10 heteroatoms. The molecule has 162 valence electrons. The van der Waals surface area contributed by atoms with Crippen LogP contribution in [0, 0.1) is 13.8 Å². The standard InChI is InChI=1S/C10H12BrNO2S.C7H6BrClO2S.C2H6/c1-7-9(11)3-2-4-10(7)15(13,14)12-8-5-6-8;1-5-6(8)3-2-4-7(5)12(9,10)11;1-2/h2-4,8,12H,5-6H2,1H3;2-4H,1H3;1-2H3. The van der Waals surface area contributed by atoms with Crippen molar-refractivity contribution in [1.82, 2.24) is 4.72 Å². The van der Waals surface area contributed by atoms with Crippen molar-refractivity contribution in [2.24, 2.45) is 0 Å². The molecule has 0 aliphatic heterocycles. The van der Waals surface area contributed by atoms with Crippen molar-refractivity contribution in [1.29, 1.82) is 0 Å². The Kier molecular flexibility index (Phi) is 10.3. The van der Waals surface area contributed by atoms with Crippen LogP contribution < -0.4 is 4.72 Å². The third-order valence-corrected chi connectivity index (χ3v) is 8.74. The summed E-state index contributed by atoms with van der Waals surface area (Å²) in [5.41, 5.74) is 1.39. The molecule has 1 saturated carbocycles. The fraction of sp³-hybridized carbons (Fsp3) is 0.368. The SMILES string of the molecule is CC.Cc1c(Br)cccc1S(=O)(=O)Cl.Cc1c(Br)cccc1S(=O)(=O)NC1CC1. The van der Waals surface area contributed by atoms with E-state index in [1.54, 1.807) is 38.1 Å². The minimum atomic E-state index is -3.61. The highest BCUT2D eigenvalue weighted by atomic mass is 79.9.